The number of ether oxygens (including phenoxy) is 2. The van der Waals surface area contributed by atoms with Gasteiger partial charge in [-0.3, -0.25) is 4.79 Å². The number of fused-ring (bicyclic) bond motifs is 1. The van der Waals surface area contributed by atoms with E-state index >= 15 is 0 Å². The van der Waals surface area contributed by atoms with Crippen LogP contribution in [0.1, 0.15) is 31.2 Å². The van der Waals surface area contributed by atoms with Crippen molar-refractivity contribution in [2.24, 2.45) is 0 Å². The first-order chi connectivity index (χ1) is 11.9. The highest BCUT2D eigenvalue weighted by Gasteiger charge is 2.31. The molecule has 3 nitrogen and oxygen atoms in total. The van der Waals surface area contributed by atoms with E-state index in [2.05, 4.69) is 4.74 Å². The van der Waals surface area contributed by atoms with Gasteiger partial charge >= 0.3 is 12.6 Å². The number of carbonyl (C=O) groups excluding carboxylic acids is 1. The van der Waals surface area contributed by atoms with Crippen LogP contribution in [-0.4, -0.2) is 25.6 Å². The van der Waals surface area contributed by atoms with Crippen molar-refractivity contribution in [1.82, 2.24) is 0 Å². The maximum atomic E-state index is 13.3. The molecule has 136 valence electrons. The van der Waals surface area contributed by atoms with Crippen LogP contribution in [0.3, 0.4) is 0 Å². The predicted octanol–water partition coefficient (Wildman–Crippen LogP) is 5.13. The lowest BCUT2D eigenvalue weighted by atomic mass is 9.96. The molecule has 0 aliphatic carbocycles. The summed E-state index contributed by atoms with van der Waals surface area (Å²) in [6.45, 7) is -0.952. The van der Waals surface area contributed by atoms with Crippen molar-refractivity contribution in [1.29, 1.82) is 0 Å². The molecule has 0 aromatic heterocycles. The standard InChI is InChI=1S/C18H18F4O3/c1-2-3-8-24-17(23)15(16(19)20)13-5-4-12-10-14(25-18(21)22)7-6-11(12)9-13/h4-7,9-10,15-16,18H,2-3,8H2,1H3. The average Bonchev–Trinajstić information content (AvgIpc) is 2.54. The first-order valence-electron chi connectivity index (χ1n) is 7.85. The van der Waals surface area contributed by atoms with Gasteiger partial charge in [-0.15, -0.1) is 0 Å². The van der Waals surface area contributed by atoms with Gasteiger partial charge in [0.15, 0.2) is 0 Å². The Labute approximate surface area is 142 Å². The zero-order chi connectivity index (χ0) is 18.4. The fourth-order valence-corrected chi connectivity index (χ4v) is 2.40. The molecular weight excluding hydrogens is 340 g/mol. The fourth-order valence-electron chi connectivity index (χ4n) is 2.40. The third-order valence-electron chi connectivity index (χ3n) is 3.67. The van der Waals surface area contributed by atoms with Gasteiger partial charge in [-0.1, -0.05) is 37.6 Å². The molecule has 2 aromatic carbocycles. The summed E-state index contributed by atoms with van der Waals surface area (Å²) >= 11 is 0. The minimum atomic E-state index is -2.95. The first-order valence-corrected chi connectivity index (χ1v) is 7.85. The minimum Gasteiger partial charge on any atom is -0.465 e. The molecule has 2 rings (SSSR count). The van der Waals surface area contributed by atoms with Gasteiger partial charge in [0.05, 0.1) is 6.61 Å². The Morgan fingerprint density at radius 1 is 1.04 bits per heavy atom. The van der Waals surface area contributed by atoms with Crippen LogP contribution in [0.25, 0.3) is 10.8 Å². The van der Waals surface area contributed by atoms with Crippen LogP contribution in [0.15, 0.2) is 36.4 Å². The van der Waals surface area contributed by atoms with E-state index in [9.17, 15) is 22.4 Å². The van der Waals surface area contributed by atoms with Crippen LogP contribution in [-0.2, 0) is 9.53 Å². The molecule has 0 heterocycles. The molecule has 7 heteroatoms. The summed E-state index contributed by atoms with van der Waals surface area (Å²) in [6, 6.07) is 8.45. The Bertz CT molecular complexity index is 719. The minimum absolute atomic E-state index is 0.0281. The second-order valence-corrected chi connectivity index (χ2v) is 5.48. The first kappa shape index (κ1) is 19.0. The van der Waals surface area contributed by atoms with Crippen molar-refractivity contribution in [3.05, 3.63) is 42.0 Å². The van der Waals surface area contributed by atoms with Crippen LogP contribution in [0.2, 0.25) is 0 Å². The number of hydrogen-bond acceptors (Lipinski definition) is 3. The van der Waals surface area contributed by atoms with Crippen molar-refractivity contribution in [3.63, 3.8) is 0 Å². The molecule has 0 aliphatic heterocycles. The third-order valence-corrected chi connectivity index (χ3v) is 3.67. The highest BCUT2D eigenvalue weighted by molar-refractivity contribution is 5.87. The Hall–Kier alpha value is -2.31. The number of unbranched alkanes of at least 4 members (excludes halogenated alkanes) is 1. The third kappa shape index (κ3) is 5.08. The highest BCUT2D eigenvalue weighted by atomic mass is 19.3. The summed E-state index contributed by atoms with van der Waals surface area (Å²) < 4.78 is 60.4. The lowest BCUT2D eigenvalue weighted by Gasteiger charge is -2.16. The second kappa shape index (κ2) is 8.69. The van der Waals surface area contributed by atoms with Gasteiger partial charge < -0.3 is 9.47 Å². The molecule has 0 N–H and O–H groups in total. The van der Waals surface area contributed by atoms with E-state index < -0.39 is 24.9 Å². The lowest BCUT2D eigenvalue weighted by Crippen LogP contribution is -2.23. The number of carbonyl (C=O) groups is 1. The molecule has 0 amide bonds. The lowest BCUT2D eigenvalue weighted by molar-refractivity contribution is -0.149. The van der Waals surface area contributed by atoms with Crippen LogP contribution in [0.4, 0.5) is 17.6 Å². The van der Waals surface area contributed by atoms with E-state index in [1.54, 1.807) is 0 Å². The summed E-state index contributed by atoms with van der Waals surface area (Å²) in [5.74, 6) is -2.68. The second-order valence-electron chi connectivity index (χ2n) is 5.48. The van der Waals surface area contributed by atoms with Gasteiger partial charge in [-0.25, -0.2) is 8.78 Å². The Morgan fingerprint density at radius 2 is 1.72 bits per heavy atom. The average molecular weight is 358 g/mol. The zero-order valence-corrected chi connectivity index (χ0v) is 13.6. The highest BCUT2D eigenvalue weighted by Crippen LogP contribution is 2.30. The monoisotopic (exact) mass is 358 g/mol. The molecule has 0 radical (unpaired) electrons. The summed E-state index contributed by atoms with van der Waals surface area (Å²) in [6.07, 6.45) is -1.52. The maximum Gasteiger partial charge on any atom is 0.387 e. The molecule has 1 unspecified atom stereocenters. The van der Waals surface area contributed by atoms with Crippen molar-refractivity contribution >= 4 is 16.7 Å². The van der Waals surface area contributed by atoms with E-state index in [0.717, 1.165) is 6.42 Å². The Morgan fingerprint density at radius 3 is 2.36 bits per heavy atom. The van der Waals surface area contributed by atoms with E-state index in [-0.39, 0.29) is 17.9 Å². The van der Waals surface area contributed by atoms with Crippen LogP contribution in [0, 0.1) is 0 Å². The summed E-state index contributed by atoms with van der Waals surface area (Å²) in [4.78, 5) is 12.0. The molecule has 0 spiro atoms. The number of esters is 1. The molecule has 0 saturated carbocycles. The summed E-state index contributed by atoms with van der Waals surface area (Å²) in [5, 5.41) is 1.07. The predicted molar refractivity (Wildman–Crippen MR) is 85.2 cm³/mol. The van der Waals surface area contributed by atoms with Gasteiger partial charge in [0.2, 0.25) is 0 Å². The Kier molecular flexibility index (Phi) is 6.61. The number of halogens is 4. The van der Waals surface area contributed by atoms with Gasteiger partial charge in [-0.2, -0.15) is 8.78 Å². The summed E-state index contributed by atoms with van der Waals surface area (Å²) in [7, 11) is 0. The van der Waals surface area contributed by atoms with Crippen molar-refractivity contribution < 1.29 is 31.8 Å². The topological polar surface area (TPSA) is 35.5 Å². The largest absolute Gasteiger partial charge is 0.465 e. The smallest absolute Gasteiger partial charge is 0.387 e. The van der Waals surface area contributed by atoms with Gasteiger partial charge in [0.1, 0.15) is 11.7 Å². The van der Waals surface area contributed by atoms with Gasteiger partial charge in [0, 0.05) is 0 Å². The molecule has 0 bridgehead atoms. The van der Waals surface area contributed by atoms with E-state index in [0.29, 0.717) is 17.2 Å². The Balaban J connectivity index is 2.26. The van der Waals surface area contributed by atoms with E-state index in [4.69, 9.17) is 4.74 Å². The summed E-state index contributed by atoms with van der Waals surface area (Å²) in [5.41, 5.74) is 0.117. The van der Waals surface area contributed by atoms with Crippen LogP contribution >= 0.6 is 0 Å². The zero-order valence-electron chi connectivity index (χ0n) is 13.6. The molecular formula is C18H18F4O3. The number of alkyl halides is 4. The molecule has 0 fully saturated rings. The normalized spacial score (nSPS) is 12.6. The number of hydrogen-bond donors (Lipinski definition) is 0. The van der Waals surface area contributed by atoms with E-state index in [1.807, 2.05) is 6.92 Å². The quantitative estimate of drug-likeness (QED) is 0.373. The fraction of sp³-hybridized carbons (Fsp3) is 0.389. The van der Waals surface area contributed by atoms with Gasteiger partial charge in [0.25, 0.3) is 6.43 Å². The van der Waals surface area contributed by atoms with Crippen molar-refractivity contribution in [2.75, 3.05) is 6.61 Å². The van der Waals surface area contributed by atoms with Crippen LogP contribution < -0.4 is 4.74 Å². The van der Waals surface area contributed by atoms with Crippen molar-refractivity contribution in [2.45, 2.75) is 38.7 Å². The molecule has 0 saturated heterocycles. The van der Waals surface area contributed by atoms with Gasteiger partial charge in [-0.05, 0) is 34.9 Å². The maximum absolute atomic E-state index is 13.3. The molecule has 0 aliphatic rings. The van der Waals surface area contributed by atoms with Crippen molar-refractivity contribution in [3.8, 4) is 5.75 Å². The molecule has 1 atom stereocenters. The number of rotatable bonds is 8. The molecule has 2 aromatic rings. The molecule has 25 heavy (non-hydrogen) atoms. The number of benzene rings is 2. The SMILES string of the molecule is CCCCOC(=O)C(c1ccc2cc(OC(F)F)ccc2c1)C(F)F. The van der Waals surface area contributed by atoms with Crippen LogP contribution in [0.5, 0.6) is 5.75 Å². The van der Waals surface area contributed by atoms with E-state index in [1.165, 1.54) is 36.4 Å².